The van der Waals surface area contributed by atoms with Crippen LogP contribution in [0.1, 0.15) is 33.3 Å². The minimum absolute atomic E-state index is 0.0154. The molecule has 23 heavy (non-hydrogen) atoms. The highest BCUT2D eigenvalue weighted by atomic mass is 32.2. The first-order valence-electron chi connectivity index (χ1n) is 7.58. The van der Waals surface area contributed by atoms with Crippen LogP contribution in [0.2, 0.25) is 0 Å². The molecule has 2 saturated heterocycles. The first-order chi connectivity index (χ1) is 11.1. The second-order valence-electron chi connectivity index (χ2n) is 5.69. The maximum atomic E-state index is 12.4. The predicted molar refractivity (Wildman–Crippen MR) is 92.0 cm³/mol. The van der Waals surface area contributed by atoms with Crippen LogP contribution in [0.15, 0.2) is 24.3 Å². The molecular weight excluding hydrogens is 334 g/mol. The lowest BCUT2D eigenvalue weighted by Gasteiger charge is -2.24. The molecule has 1 atom stereocenters. The summed E-state index contributed by atoms with van der Waals surface area (Å²) in [5.41, 5.74) is 0.380. The molecule has 2 aliphatic rings. The SMILES string of the molecule is O=C(NC1(C(=O)O)CCOC1)c1ccc(C2SCCCS2)cc1. The van der Waals surface area contributed by atoms with Gasteiger partial charge in [0.25, 0.3) is 5.91 Å². The molecule has 0 aromatic heterocycles. The third-order valence-electron chi connectivity index (χ3n) is 4.06. The van der Waals surface area contributed by atoms with Crippen LogP contribution in [-0.2, 0) is 9.53 Å². The Balaban J connectivity index is 1.69. The average Bonchev–Trinajstić information content (AvgIpc) is 3.06. The van der Waals surface area contributed by atoms with Gasteiger partial charge in [0.05, 0.1) is 11.2 Å². The van der Waals surface area contributed by atoms with Crippen LogP contribution in [0.25, 0.3) is 0 Å². The molecule has 2 N–H and O–H groups in total. The van der Waals surface area contributed by atoms with E-state index in [-0.39, 0.29) is 12.5 Å². The maximum Gasteiger partial charge on any atom is 0.331 e. The van der Waals surface area contributed by atoms with Crippen molar-refractivity contribution in [3.63, 3.8) is 0 Å². The van der Waals surface area contributed by atoms with E-state index in [0.29, 0.717) is 23.2 Å². The van der Waals surface area contributed by atoms with Gasteiger partial charge in [-0.1, -0.05) is 12.1 Å². The van der Waals surface area contributed by atoms with Crippen LogP contribution in [0.4, 0.5) is 0 Å². The molecule has 0 spiro atoms. The van der Waals surface area contributed by atoms with Gasteiger partial charge in [0.2, 0.25) is 0 Å². The van der Waals surface area contributed by atoms with Crippen LogP contribution < -0.4 is 5.32 Å². The number of thioether (sulfide) groups is 2. The molecule has 2 aliphatic heterocycles. The number of aliphatic carboxylic acids is 1. The van der Waals surface area contributed by atoms with Gasteiger partial charge in [-0.05, 0) is 35.6 Å². The maximum absolute atomic E-state index is 12.4. The molecule has 5 nitrogen and oxygen atoms in total. The molecule has 0 saturated carbocycles. The van der Waals surface area contributed by atoms with E-state index in [1.54, 1.807) is 12.1 Å². The highest BCUT2D eigenvalue weighted by Gasteiger charge is 2.44. The van der Waals surface area contributed by atoms with Gasteiger partial charge in [0, 0.05) is 18.6 Å². The van der Waals surface area contributed by atoms with Crippen LogP contribution in [0.3, 0.4) is 0 Å². The zero-order valence-corrected chi connectivity index (χ0v) is 14.3. The fraction of sp³-hybridized carbons (Fsp3) is 0.500. The fourth-order valence-corrected chi connectivity index (χ4v) is 5.54. The van der Waals surface area contributed by atoms with E-state index in [9.17, 15) is 14.7 Å². The third kappa shape index (κ3) is 3.67. The molecule has 0 bridgehead atoms. The topological polar surface area (TPSA) is 75.6 Å². The summed E-state index contributed by atoms with van der Waals surface area (Å²) in [5.74, 6) is 0.922. The molecule has 0 radical (unpaired) electrons. The van der Waals surface area contributed by atoms with Crippen molar-refractivity contribution in [3.8, 4) is 0 Å². The molecular formula is C16H19NO4S2. The lowest BCUT2D eigenvalue weighted by atomic mass is 9.98. The Morgan fingerprint density at radius 3 is 2.48 bits per heavy atom. The number of carbonyl (C=O) groups excluding carboxylic acids is 1. The average molecular weight is 353 g/mol. The molecule has 7 heteroatoms. The summed E-state index contributed by atoms with van der Waals surface area (Å²) in [4.78, 5) is 23.8. The van der Waals surface area contributed by atoms with E-state index >= 15 is 0 Å². The van der Waals surface area contributed by atoms with Gasteiger partial charge in [-0.25, -0.2) is 4.79 Å². The van der Waals surface area contributed by atoms with Crippen LogP contribution in [-0.4, -0.2) is 47.2 Å². The molecule has 3 rings (SSSR count). The molecule has 0 aliphatic carbocycles. The highest BCUT2D eigenvalue weighted by Crippen LogP contribution is 2.43. The summed E-state index contributed by atoms with van der Waals surface area (Å²) in [6.07, 6.45) is 1.53. The van der Waals surface area contributed by atoms with Crippen molar-refractivity contribution in [2.24, 2.45) is 0 Å². The van der Waals surface area contributed by atoms with E-state index in [1.165, 1.54) is 23.5 Å². The van der Waals surface area contributed by atoms with Crippen LogP contribution in [0, 0.1) is 0 Å². The number of carboxylic acid groups (broad SMARTS) is 1. The van der Waals surface area contributed by atoms with Gasteiger partial charge in [-0.3, -0.25) is 4.79 Å². The van der Waals surface area contributed by atoms with Gasteiger partial charge in [-0.15, -0.1) is 23.5 Å². The monoisotopic (exact) mass is 353 g/mol. The van der Waals surface area contributed by atoms with Crippen molar-refractivity contribution >= 4 is 35.4 Å². The molecule has 1 unspecified atom stereocenters. The fourth-order valence-electron chi connectivity index (χ4n) is 2.65. The Labute approximate surface area is 143 Å². The number of amides is 1. The summed E-state index contributed by atoms with van der Waals surface area (Å²) < 4.78 is 5.58. The Hall–Kier alpha value is -1.18. The van der Waals surface area contributed by atoms with Crippen molar-refractivity contribution in [3.05, 3.63) is 35.4 Å². The number of carboxylic acids is 1. The van der Waals surface area contributed by atoms with Crippen molar-refractivity contribution in [2.45, 2.75) is 23.0 Å². The zero-order valence-electron chi connectivity index (χ0n) is 12.6. The standard InChI is InChI=1S/C16H19NO4S2/c18-13(17-16(15(19)20)6-7-21-10-16)11-2-4-12(5-3-11)14-22-8-1-9-23-14/h2-5,14H,1,6-10H2,(H,17,18)(H,19,20). The molecule has 2 heterocycles. The van der Waals surface area contributed by atoms with Crippen molar-refractivity contribution < 1.29 is 19.4 Å². The number of nitrogens with one attached hydrogen (secondary N) is 1. The van der Waals surface area contributed by atoms with E-state index in [4.69, 9.17) is 4.74 Å². The second kappa shape index (κ2) is 7.15. The van der Waals surface area contributed by atoms with Gasteiger partial charge in [0.15, 0.2) is 5.54 Å². The largest absolute Gasteiger partial charge is 0.479 e. The van der Waals surface area contributed by atoms with E-state index in [1.807, 2.05) is 35.7 Å². The summed E-state index contributed by atoms with van der Waals surface area (Å²) in [5, 5.41) is 12.0. The van der Waals surface area contributed by atoms with E-state index < -0.39 is 11.5 Å². The number of carbonyl (C=O) groups is 2. The number of hydrogen-bond donors (Lipinski definition) is 2. The number of ether oxygens (including phenoxy) is 1. The van der Waals surface area contributed by atoms with Crippen molar-refractivity contribution in [1.82, 2.24) is 5.32 Å². The summed E-state index contributed by atoms with van der Waals surface area (Å²) in [6, 6.07) is 7.46. The summed E-state index contributed by atoms with van der Waals surface area (Å²) >= 11 is 3.86. The summed E-state index contributed by atoms with van der Waals surface area (Å²) in [6.45, 7) is 0.364. The van der Waals surface area contributed by atoms with Gasteiger partial charge in [0.1, 0.15) is 0 Å². The number of rotatable bonds is 4. The number of hydrogen-bond acceptors (Lipinski definition) is 5. The minimum Gasteiger partial charge on any atom is -0.479 e. The molecule has 1 aromatic rings. The van der Waals surface area contributed by atoms with Gasteiger partial charge < -0.3 is 15.2 Å². The Kier molecular flexibility index (Phi) is 5.18. The molecule has 1 aromatic carbocycles. The first-order valence-corrected chi connectivity index (χ1v) is 9.67. The Morgan fingerprint density at radius 2 is 1.91 bits per heavy atom. The van der Waals surface area contributed by atoms with Gasteiger partial charge in [-0.2, -0.15) is 0 Å². The summed E-state index contributed by atoms with van der Waals surface area (Å²) in [7, 11) is 0. The van der Waals surface area contributed by atoms with Crippen molar-refractivity contribution in [1.29, 1.82) is 0 Å². The lowest BCUT2D eigenvalue weighted by molar-refractivity contribution is -0.144. The smallest absolute Gasteiger partial charge is 0.331 e. The highest BCUT2D eigenvalue weighted by molar-refractivity contribution is 8.16. The first kappa shape index (κ1) is 16.7. The normalized spacial score (nSPS) is 25.2. The zero-order chi connectivity index (χ0) is 16.3. The van der Waals surface area contributed by atoms with Crippen LogP contribution in [0.5, 0.6) is 0 Å². The molecule has 124 valence electrons. The second-order valence-corrected chi connectivity index (χ2v) is 8.42. The Bertz CT molecular complexity index is 578. The predicted octanol–water partition coefficient (Wildman–Crippen LogP) is 2.53. The van der Waals surface area contributed by atoms with E-state index in [0.717, 1.165) is 0 Å². The number of benzene rings is 1. The lowest BCUT2D eigenvalue weighted by Crippen LogP contribution is -2.55. The molecule has 2 fully saturated rings. The Morgan fingerprint density at radius 1 is 1.22 bits per heavy atom. The van der Waals surface area contributed by atoms with Crippen LogP contribution >= 0.6 is 23.5 Å². The van der Waals surface area contributed by atoms with E-state index in [2.05, 4.69) is 5.32 Å². The quantitative estimate of drug-likeness (QED) is 0.866. The minimum atomic E-state index is -1.30. The van der Waals surface area contributed by atoms with Gasteiger partial charge >= 0.3 is 5.97 Å². The van der Waals surface area contributed by atoms with Crippen molar-refractivity contribution in [2.75, 3.05) is 24.7 Å². The molecule has 1 amide bonds. The third-order valence-corrected chi connectivity index (χ3v) is 7.07.